The average molecular weight is 702 g/mol. The summed E-state index contributed by atoms with van der Waals surface area (Å²) in [4.78, 5) is 26.6. The zero-order valence-corrected chi connectivity index (χ0v) is 26.9. The van der Waals surface area contributed by atoms with E-state index in [2.05, 4.69) is 4.74 Å². The Kier molecular flexibility index (Phi) is 9.84. The number of hydrogen-bond acceptors (Lipinski definition) is 8. The van der Waals surface area contributed by atoms with Crippen molar-refractivity contribution >= 4 is 27.4 Å². The van der Waals surface area contributed by atoms with E-state index in [1.165, 1.54) is 46.8 Å². The van der Waals surface area contributed by atoms with Crippen molar-refractivity contribution in [3.63, 3.8) is 0 Å². The summed E-state index contributed by atoms with van der Waals surface area (Å²) in [5.74, 6) is -1.25. The second-order valence-electron chi connectivity index (χ2n) is 11.7. The molecule has 0 spiro atoms. The topological polar surface area (TPSA) is 95.9 Å². The number of rotatable bonds is 10. The van der Waals surface area contributed by atoms with Crippen molar-refractivity contribution in [2.75, 3.05) is 42.5 Å². The summed E-state index contributed by atoms with van der Waals surface area (Å²) < 4.78 is 97.9. The summed E-state index contributed by atoms with van der Waals surface area (Å²) in [7, 11) is -4.03. The number of para-hydroxylation sites is 1. The number of hydrogen-bond donors (Lipinski definition) is 0. The lowest BCUT2D eigenvalue weighted by Crippen LogP contribution is -2.47. The molecule has 4 aromatic rings. The Morgan fingerprint density at radius 3 is 2.20 bits per heavy atom. The van der Waals surface area contributed by atoms with E-state index in [0.717, 1.165) is 12.1 Å². The molecule has 0 saturated carbocycles. The SMILES string of the molecule is O=C(CCc1cc(-c2ccc(OC(F)(F)F)cc2)nc(N2CCN(c3ccccc3F)CC2)n1)[C@@H]1CCCN1S(=O)(=O)c1ccc(F)cc1. The van der Waals surface area contributed by atoms with Gasteiger partial charge in [0.15, 0.2) is 5.78 Å². The largest absolute Gasteiger partial charge is 0.573 e. The van der Waals surface area contributed by atoms with Gasteiger partial charge in [-0.2, -0.15) is 4.31 Å². The molecule has 0 unspecified atom stereocenters. The van der Waals surface area contributed by atoms with Crippen molar-refractivity contribution in [2.45, 2.75) is 43.0 Å². The monoisotopic (exact) mass is 701 g/mol. The van der Waals surface area contributed by atoms with Crippen LogP contribution in [-0.2, 0) is 21.2 Å². The number of piperazine rings is 1. The van der Waals surface area contributed by atoms with E-state index in [9.17, 15) is 35.2 Å². The molecular weight excluding hydrogens is 669 g/mol. The second-order valence-corrected chi connectivity index (χ2v) is 13.6. The number of alkyl halides is 3. The maximum absolute atomic E-state index is 14.4. The van der Waals surface area contributed by atoms with Gasteiger partial charge in [-0.05, 0) is 86.0 Å². The van der Waals surface area contributed by atoms with E-state index >= 15 is 0 Å². The molecular formula is C34H32F5N5O4S. The summed E-state index contributed by atoms with van der Waals surface area (Å²) in [6.07, 6.45) is -3.90. The van der Waals surface area contributed by atoms with Crippen LogP contribution in [0.4, 0.5) is 33.6 Å². The summed E-state index contributed by atoms with van der Waals surface area (Å²) in [5, 5.41) is 0. The van der Waals surface area contributed by atoms with E-state index in [1.54, 1.807) is 24.3 Å². The first-order valence-corrected chi connectivity index (χ1v) is 17.1. The van der Waals surface area contributed by atoms with E-state index in [4.69, 9.17) is 9.97 Å². The number of carbonyl (C=O) groups is 1. The molecule has 0 bridgehead atoms. The van der Waals surface area contributed by atoms with Gasteiger partial charge in [0, 0.05) is 50.4 Å². The van der Waals surface area contributed by atoms with Crippen LogP contribution in [0.3, 0.4) is 0 Å². The summed E-state index contributed by atoms with van der Waals surface area (Å²) >= 11 is 0. The van der Waals surface area contributed by atoms with Gasteiger partial charge in [0.25, 0.3) is 0 Å². The number of nitrogens with zero attached hydrogens (tertiary/aromatic N) is 5. The van der Waals surface area contributed by atoms with E-state index < -0.39 is 34.0 Å². The maximum Gasteiger partial charge on any atom is 0.573 e. The fourth-order valence-electron chi connectivity index (χ4n) is 6.09. The van der Waals surface area contributed by atoms with Crippen LogP contribution in [0.25, 0.3) is 11.3 Å². The van der Waals surface area contributed by atoms with Crippen LogP contribution in [0, 0.1) is 11.6 Å². The van der Waals surface area contributed by atoms with Gasteiger partial charge in [-0.3, -0.25) is 4.79 Å². The van der Waals surface area contributed by atoms with Crippen molar-refractivity contribution in [1.82, 2.24) is 14.3 Å². The van der Waals surface area contributed by atoms with Crippen molar-refractivity contribution in [2.24, 2.45) is 0 Å². The summed E-state index contributed by atoms with van der Waals surface area (Å²) in [6, 6.07) is 16.9. The predicted octanol–water partition coefficient (Wildman–Crippen LogP) is 6.00. The Bertz CT molecular complexity index is 1900. The summed E-state index contributed by atoms with van der Waals surface area (Å²) in [5.41, 5.74) is 1.86. The zero-order valence-electron chi connectivity index (χ0n) is 26.1. The van der Waals surface area contributed by atoms with Crippen LogP contribution in [0.15, 0.2) is 83.8 Å². The average Bonchev–Trinajstić information content (AvgIpc) is 3.59. The standard InChI is InChI=1S/C34H32F5N5O4S/c35-24-9-14-27(15-10-24)49(46,47)44-17-3-6-31(44)32(45)16-11-25-22-29(23-7-12-26(13-8-23)48-34(37,38)39)41-33(40-25)43-20-18-42(19-21-43)30-5-2-1-4-28(30)36/h1-2,4-5,7-10,12-15,22,31H,3,6,11,16-21H2/t31-/m0/s1. The number of aromatic nitrogens is 2. The number of carbonyl (C=O) groups excluding carboxylic acids is 1. The maximum atomic E-state index is 14.4. The third-order valence-corrected chi connectivity index (χ3v) is 10.5. The van der Waals surface area contributed by atoms with Gasteiger partial charge in [-0.15, -0.1) is 13.2 Å². The predicted molar refractivity (Wildman–Crippen MR) is 172 cm³/mol. The van der Waals surface area contributed by atoms with E-state index in [0.29, 0.717) is 67.6 Å². The van der Waals surface area contributed by atoms with Gasteiger partial charge in [-0.1, -0.05) is 12.1 Å². The van der Waals surface area contributed by atoms with Gasteiger partial charge in [0.05, 0.1) is 22.3 Å². The first-order chi connectivity index (χ1) is 23.4. The van der Waals surface area contributed by atoms with Crippen molar-refractivity contribution < 1.29 is 39.9 Å². The minimum absolute atomic E-state index is 0.0323. The van der Waals surface area contributed by atoms with Gasteiger partial charge in [-0.25, -0.2) is 27.2 Å². The number of ketones is 1. The van der Waals surface area contributed by atoms with Gasteiger partial charge in [0.2, 0.25) is 16.0 Å². The van der Waals surface area contributed by atoms with Crippen LogP contribution in [0.2, 0.25) is 0 Å². The summed E-state index contributed by atoms with van der Waals surface area (Å²) in [6.45, 7) is 2.02. The van der Waals surface area contributed by atoms with Crippen LogP contribution >= 0.6 is 0 Å². The number of benzene rings is 3. The number of Topliss-reactive ketones (excluding diaryl/α,β-unsaturated/α-hetero) is 1. The van der Waals surface area contributed by atoms with Crippen molar-refractivity contribution in [3.8, 4) is 17.0 Å². The highest BCUT2D eigenvalue weighted by atomic mass is 32.2. The highest BCUT2D eigenvalue weighted by Gasteiger charge is 2.39. The Balaban J connectivity index is 1.22. The first kappa shape index (κ1) is 34.2. The third kappa shape index (κ3) is 7.99. The third-order valence-electron chi connectivity index (χ3n) is 8.53. The lowest BCUT2D eigenvalue weighted by atomic mass is 10.0. The van der Waals surface area contributed by atoms with Crippen molar-refractivity contribution in [3.05, 3.63) is 96.2 Å². The number of sulfonamides is 1. The number of ether oxygens (including phenoxy) is 1. The van der Waals surface area contributed by atoms with E-state index in [-0.39, 0.29) is 35.9 Å². The van der Waals surface area contributed by atoms with Crippen LogP contribution in [-0.4, -0.2) is 73.6 Å². The van der Waals surface area contributed by atoms with Crippen molar-refractivity contribution in [1.29, 1.82) is 0 Å². The lowest BCUT2D eigenvalue weighted by molar-refractivity contribution is -0.274. The lowest BCUT2D eigenvalue weighted by Gasteiger charge is -2.36. The molecule has 1 aromatic heterocycles. The smallest absolute Gasteiger partial charge is 0.406 e. The second kappa shape index (κ2) is 14.1. The van der Waals surface area contributed by atoms with Crippen LogP contribution in [0.1, 0.15) is 25.0 Å². The molecule has 2 saturated heterocycles. The fraction of sp³-hybridized carbons (Fsp3) is 0.324. The molecule has 1 atom stereocenters. The van der Waals surface area contributed by atoms with Crippen LogP contribution in [0.5, 0.6) is 5.75 Å². The highest BCUT2D eigenvalue weighted by molar-refractivity contribution is 7.89. The number of aryl methyl sites for hydroxylation is 1. The molecule has 3 heterocycles. The molecule has 2 aliphatic rings. The molecule has 0 aliphatic carbocycles. The molecule has 9 nitrogen and oxygen atoms in total. The zero-order chi connectivity index (χ0) is 34.8. The molecule has 258 valence electrons. The molecule has 6 rings (SSSR count). The fourth-order valence-corrected chi connectivity index (χ4v) is 7.77. The molecule has 15 heteroatoms. The molecule has 3 aromatic carbocycles. The van der Waals surface area contributed by atoms with Gasteiger partial charge >= 0.3 is 6.36 Å². The molecule has 49 heavy (non-hydrogen) atoms. The van der Waals surface area contributed by atoms with Crippen LogP contribution < -0.4 is 14.5 Å². The Morgan fingerprint density at radius 1 is 0.857 bits per heavy atom. The quantitative estimate of drug-likeness (QED) is 0.186. The van der Waals surface area contributed by atoms with Gasteiger partial charge < -0.3 is 14.5 Å². The Morgan fingerprint density at radius 2 is 1.53 bits per heavy atom. The first-order valence-electron chi connectivity index (χ1n) is 15.7. The molecule has 0 amide bonds. The molecule has 2 aliphatic heterocycles. The number of halogens is 5. The minimum Gasteiger partial charge on any atom is -0.406 e. The highest BCUT2D eigenvalue weighted by Crippen LogP contribution is 2.30. The Labute approximate surface area is 280 Å². The number of anilines is 2. The van der Waals surface area contributed by atoms with Gasteiger partial charge in [0.1, 0.15) is 17.4 Å². The molecule has 0 N–H and O–H groups in total. The normalized spacial score (nSPS) is 17.4. The Hall–Kier alpha value is -4.63. The molecule has 0 radical (unpaired) electrons. The molecule has 2 fully saturated rings. The minimum atomic E-state index is -4.85. The van der Waals surface area contributed by atoms with E-state index in [1.807, 2.05) is 9.80 Å².